The Morgan fingerprint density at radius 2 is 2.21 bits per heavy atom. The van der Waals surface area contributed by atoms with Crippen molar-refractivity contribution in [1.82, 2.24) is 0 Å². The van der Waals surface area contributed by atoms with Gasteiger partial charge in [0.2, 0.25) is 0 Å². The van der Waals surface area contributed by atoms with Crippen molar-refractivity contribution in [1.29, 1.82) is 0 Å². The number of carbonyl (C=O) groups is 1. The lowest BCUT2D eigenvalue weighted by atomic mass is 10.1. The summed E-state index contributed by atoms with van der Waals surface area (Å²) in [5.41, 5.74) is 2.27. The normalized spacial score (nSPS) is 10.0. The van der Waals surface area contributed by atoms with Crippen molar-refractivity contribution in [3.8, 4) is 0 Å². The Hall–Kier alpha value is -0.540. The number of carbonyl (C=O) groups excluding carboxylic acids is 1. The molecular weight excluding hydrogens is 267 g/mol. The molecule has 0 unspecified atom stereocenters. The Balaban J connectivity index is 3.27. The summed E-state index contributed by atoms with van der Waals surface area (Å²) in [7, 11) is 1.37. The SMILES string of the molecule is COC(=O)c1cc(C)c(Cl)cc1CBr. The van der Waals surface area contributed by atoms with Crippen LogP contribution in [-0.2, 0) is 10.1 Å². The van der Waals surface area contributed by atoms with Crippen LogP contribution in [-0.4, -0.2) is 13.1 Å². The molecule has 0 saturated carbocycles. The molecule has 0 aliphatic carbocycles. The Labute approximate surface area is 96.3 Å². The van der Waals surface area contributed by atoms with Crippen molar-refractivity contribution in [2.75, 3.05) is 7.11 Å². The van der Waals surface area contributed by atoms with Gasteiger partial charge in [-0.15, -0.1) is 0 Å². The monoisotopic (exact) mass is 276 g/mol. The van der Waals surface area contributed by atoms with Crippen molar-refractivity contribution < 1.29 is 9.53 Å². The molecule has 4 heteroatoms. The molecule has 0 amide bonds. The van der Waals surface area contributed by atoms with Crippen molar-refractivity contribution in [2.45, 2.75) is 12.3 Å². The quantitative estimate of drug-likeness (QED) is 0.612. The average Bonchev–Trinajstić information content (AvgIpc) is 2.20. The number of hydrogen-bond donors (Lipinski definition) is 0. The largest absolute Gasteiger partial charge is 0.465 e. The highest BCUT2D eigenvalue weighted by Crippen LogP contribution is 2.23. The van der Waals surface area contributed by atoms with Gasteiger partial charge in [-0.05, 0) is 30.2 Å². The van der Waals surface area contributed by atoms with E-state index in [0.29, 0.717) is 15.9 Å². The van der Waals surface area contributed by atoms with Crippen LogP contribution in [0, 0.1) is 6.92 Å². The number of esters is 1. The summed E-state index contributed by atoms with van der Waals surface area (Å²) in [6.07, 6.45) is 0. The zero-order chi connectivity index (χ0) is 10.7. The Kier molecular flexibility index (Phi) is 3.96. The summed E-state index contributed by atoms with van der Waals surface area (Å²) in [6.45, 7) is 1.85. The summed E-state index contributed by atoms with van der Waals surface area (Å²) in [5.74, 6) is -0.334. The van der Waals surface area contributed by atoms with E-state index < -0.39 is 0 Å². The summed E-state index contributed by atoms with van der Waals surface area (Å²) in [6, 6.07) is 3.52. The minimum atomic E-state index is -0.334. The zero-order valence-corrected chi connectivity index (χ0v) is 10.3. The van der Waals surface area contributed by atoms with Gasteiger partial charge in [-0.1, -0.05) is 27.5 Å². The molecule has 0 radical (unpaired) electrons. The van der Waals surface area contributed by atoms with Crippen molar-refractivity contribution in [3.63, 3.8) is 0 Å². The van der Waals surface area contributed by atoms with Gasteiger partial charge in [0.15, 0.2) is 0 Å². The number of hydrogen-bond acceptors (Lipinski definition) is 2. The molecule has 0 spiro atoms. The highest BCUT2D eigenvalue weighted by molar-refractivity contribution is 9.08. The van der Waals surface area contributed by atoms with Gasteiger partial charge < -0.3 is 4.74 Å². The lowest BCUT2D eigenvalue weighted by Crippen LogP contribution is -2.05. The van der Waals surface area contributed by atoms with Crippen LogP contribution in [0.2, 0.25) is 5.02 Å². The van der Waals surface area contributed by atoms with E-state index >= 15 is 0 Å². The fourth-order valence-corrected chi connectivity index (χ4v) is 1.78. The third kappa shape index (κ3) is 2.28. The van der Waals surface area contributed by atoms with Crippen molar-refractivity contribution >= 4 is 33.5 Å². The van der Waals surface area contributed by atoms with E-state index in [1.807, 2.05) is 6.92 Å². The van der Waals surface area contributed by atoms with Crippen LogP contribution in [0.25, 0.3) is 0 Å². The number of rotatable bonds is 2. The number of halogens is 2. The molecule has 1 rings (SSSR count). The van der Waals surface area contributed by atoms with Gasteiger partial charge in [0.05, 0.1) is 12.7 Å². The highest BCUT2D eigenvalue weighted by atomic mass is 79.9. The standard InChI is InChI=1S/C10H10BrClO2/c1-6-3-8(10(13)14-2)7(5-11)4-9(6)12/h3-4H,5H2,1-2H3. The molecule has 0 aliphatic heterocycles. The minimum absolute atomic E-state index is 0.334. The molecule has 14 heavy (non-hydrogen) atoms. The Morgan fingerprint density at radius 1 is 1.57 bits per heavy atom. The van der Waals surface area contributed by atoms with Gasteiger partial charge in [-0.2, -0.15) is 0 Å². The molecule has 0 saturated heterocycles. The van der Waals surface area contributed by atoms with Gasteiger partial charge in [0.25, 0.3) is 0 Å². The lowest BCUT2D eigenvalue weighted by molar-refractivity contribution is 0.0600. The van der Waals surface area contributed by atoms with Crippen molar-refractivity contribution in [3.05, 3.63) is 33.8 Å². The van der Waals surface area contributed by atoms with E-state index in [1.54, 1.807) is 12.1 Å². The molecular formula is C10H10BrClO2. The molecule has 0 bridgehead atoms. The smallest absolute Gasteiger partial charge is 0.338 e. The highest BCUT2D eigenvalue weighted by Gasteiger charge is 2.12. The number of alkyl halides is 1. The molecule has 0 atom stereocenters. The van der Waals surface area contributed by atoms with E-state index in [1.165, 1.54) is 7.11 Å². The number of ether oxygens (including phenoxy) is 1. The molecule has 2 nitrogen and oxygen atoms in total. The van der Waals surface area contributed by atoms with Crippen LogP contribution in [0.15, 0.2) is 12.1 Å². The van der Waals surface area contributed by atoms with E-state index in [0.717, 1.165) is 11.1 Å². The minimum Gasteiger partial charge on any atom is -0.465 e. The average molecular weight is 278 g/mol. The summed E-state index contributed by atoms with van der Waals surface area (Å²) in [4.78, 5) is 11.4. The summed E-state index contributed by atoms with van der Waals surface area (Å²) in [5, 5.41) is 1.24. The molecule has 1 aromatic rings. The van der Waals surface area contributed by atoms with Gasteiger partial charge >= 0.3 is 5.97 Å². The van der Waals surface area contributed by atoms with Crippen LogP contribution in [0.5, 0.6) is 0 Å². The first-order valence-electron chi connectivity index (χ1n) is 4.03. The number of aryl methyl sites for hydroxylation is 1. The zero-order valence-electron chi connectivity index (χ0n) is 7.93. The second-order valence-corrected chi connectivity index (χ2v) is 3.85. The molecule has 76 valence electrons. The predicted molar refractivity (Wildman–Crippen MR) is 60.2 cm³/mol. The van der Waals surface area contributed by atoms with Crippen LogP contribution < -0.4 is 0 Å². The third-order valence-corrected chi connectivity index (χ3v) is 2.95. The first-order valence-corrected chi connectivity index (χ1v) is 5.53. The van der Waals surface area contributed by atoms with E-state index in [4.69, 9.17) is 11.6 Å². The second kappa shape index (κ2) is 4.80. The Bertz CT molecular complexity index is 363. The van der Waals surface area contributed by atoms with E-state index in [9.17, 15) is 4.79 Å². The maximum Gasteiger partial charge on any atom is 0.338 e. The fraction of sp³-hybridized carbons (Fsp3) is 0.300. The summed E-state index contributed by atoms with van der Waals surface area (Å²) >= 11 is 9.24. The topological polar surface area (TPSA) is 26.3 Å². The molecule has 0 N–H and O–H groups in total. The van der Waals surface area contributed by atoms with Gasteiger partial charge in [0, 0.05) is 10.4 Å². The fourth-order valence-electron chi connectivity index (χ4n) is 1.13. The maximum atomic E-state index is 11.4. The van der Waals surface area contributed by atoms with E-state index in [2.05, 4.69) is 20.7 Å². The van der Waals surface area contributed by atoms with Crippen LogP contribution in [0.3, 0.4) is 0 Å². The van der Waals surface area contributed by atoms with Crippen LogP contribution >= 0.6 is 27.5 Å². The molecule has 0 heterocycles. The van der Waals surface area contributed by atoms with Crippen LogP contribution in [0.4, 0.5) is 0 Å². The third-order valence-electron chi connectivity index (χ3n) is 1.93. The van der Waals surface area contributed by atoms with Gasteiger partial charge in [-0.3, -0.25) is 0 Å². The maximum absolute atomic E-state index is 11.4. The first-order chi connectivity index (χ1) is 6.60. The number of methoxy groups -OCH3 is 1. The molecule has 0 aliphatic rings. The lowest BCUT2D eigenvalue weighted by Gasteiger charge is -2.07. The molecule has 0 aromatic heterocycles. The van der Waals surface area contributed by atoms with Crippen molar-refractivity contribution in [2.24, 2.45) is 0 Å². The van der Waals surface area contributed by atoms with Gasteiger partial charge in [0.1, 0.15) is 0 Å². The number of benzene rings is 1. The second-order valence-electron chi connectivity index (χ2n) is 2.88. The van der Waals surface area contributed by atoms with Crippen LogP contribution in [0.1, 0.15) is 21.5 Å². The molecule has 1 aromatic carbocycles. The molecule has 0 fully saturated rings. The van der Waals surface area contributed by atoms with E-state index in [-0.39, 0.29) is 5.97 Å². The first kappa shape index (κ1) is 11.5. The Morgan fingerprint density at radius 3 is 2.71 bits per heavy atom. The van der Waals surface area contributed by atoms with Gasteiger partial charge in [-0.25, -0.2) is 4.79 Å². The predicted octanol–water partition coefficient (Wildman–Crippen LogP) is 3.33. The summed E-state index contributed by atoms with van der Waals surface area (Å²) < 4.78 is 4.67.